The highest BCUT2D eigenvalue weighted by Crippen LogP contribution is 2.38. The Kier molecular flexibility index (Phi) is 2.14. The minimum absolute atomic E-state index is 0.0747. The van der Waals surface area contributed by atoms with E-state index >= 15 is 0 Å². The molecule has 1 heterocycles. The summed E-state index contributed by atoms with van der Waals surface area (Å²) in [6, 6.07) is 0. The SMILES string of the molecule is Cn1c(=S)[nH]c2c(c1=O)C1=C(CCCC1)C2. The number of hydrogen-bond donors (Lipinski definition) is 1. The first kappa shape index (κ1) is 10.0. The molecule has 0 saturated carbocycles. The molecule has 3 nitrogen and oxygen atoms in total. The number of hydrogen-bond acceptors (Lipinski definition) is 2. The summed E-state index contributed by atoms with van der Waals surface area (Å²) in [5.74, 6) is 0. The van der Waals surface area contributed by atoms with Crippen molar-refractivity contribution >= 4 is 17.8 Å². The minimum Gasteiger partial charge on any atom is -0.335 e. The van der Waals surface area contributed by atoms with E-state index in [9.17, 15) is 4.79 Å². The van der Waals surface area contributed by atoms with E-state index in [0.717, 1.165) is 30.5 Å². The summed E-state index contributed by atoms with van der Waals surface area (Å²) in [7, 11) is 1.74. The summed E-state index contributed by atoms with van der Waals surface area (Å²) < 4.78 is 2.07. The molecule has 0 aromatic carbocycles. The van der Waals surface area contributed by atoms with E-state index in [4.69, 9.17) is 12.2 Å². The van der Waals surface area contributed by atoms with Crippen molar-refractivity contribution < 1.29 is 0 Å². The molecule has 0 saturated heterocycles. The fourth-order valence-corrected chi connectivity index (χ4v) is 2.99. The Morgan fingerprint density at radius 3 is 2.88 bits per heavy atom. The van der Waals surface area contributed by atoms with Crippen LogP contribution >= 0.6 is 12.2 Å². The van der Waals surface area contributed by atoms with Crippen LogP contribution in [0.5, 0.6) is 0 Å². The van der Waals surface area contributed by atoms with Crippen LogP contribution in [0, 0.1) is 4.77 Å². The van der Waals surface area contributed by atoms with Gasteiger partial charge in [0, 0.05) is 19.2 Å². The number of aromatic amines is 1. The van der Waals surface area contributed by atoms with E-state index in [0.29, 0.717) is 4.77 Å². The molecule has 0 bridgehead atoms. The Morgan fingerprint density at radius 2 is 2.06 bits per heavy atom. The molecule has 16 heavy (non-hydrogen) atoms. The first-order chi connectivity index (χ1) is 7.68. The number of fused-ring (bicyclic) bond motifs is 2. The number of nitrogens with zero attached hydrogens (tertiary/aromatic N) is 1. The van der Waals surface area contributed by atoms with Gasteiger partial charge < -0.3 is 4.98 Å². The summed E-state index contributed by atoms with van der Waals surface area (Å²) in [6.45, 7) is 0. The zero-order valence-electron chi connectivity index (χ0n) is 9.30. The molecule has 0 atom stereocenters. The second-order valence-electron chi connectivity index (χ2n) is 4.61. The van der Waals surface area contributed by atoms with Gasteiger partial charge >= 0.3 is 0 Å². The van der Waals surface area contributed by atoms with Crippen molar-refractivity contribution in [2.45, 2.75) is 32.1 Å². The van der Waals surface area contributed by atoms with Gasteiger partial charge in [-0.1, -0.05) is 5.57 Å². The molecule has 0 radical (unpaired) electrons. The van der Waals surface area contributed by atoms with E-state index in [1.54, 1.807) is 11.6 Å². The summed E-state index contributed by atoms with van der Waals surface area (Å²) >= 11 is 5.14. The molecule has 0 fully saturated rings. The average Bonchev–Trinajstić information content (AvgIpc) is 2.64. The Morgan fingerprint density at radius 1 is 1.31 bits per heavy atom. The van der Waals surface area contributed by atoms with Crippen molar-refractivity contribution in [2.24, 2.45) is 7.05 Å². The number of rotatable bonds is 0. The van der Waals surface area contributed by atoms with Crippen molar-refractivity contribution in [3.8, 4) is 0 Å². The summed E-state index contributed by atoms with van der Waals surface area (Å²) in [5.41, 5.74) is 4.78. The topological polar surface area (TPSA) is 37.8 Å². The summed E-state index contributed by atoms with van der Waals surface area (Å²) in [5, 5.41) is 0. The van der Waals surface area contributed by atoms with Crippen LogP contribution in [0.1, 0.15) is 36.9 Å². The van der Waals surface area contributed by atoms with Gasteiger partial charge in [0.25, 0.3) is 5.56 Å². The van der Waals surface area contributed by atoms with E-state index in [2.05, 4.69) is 4.98 Å². The van der Waals surface area contributed by atoms with Crippen LogP contribution in [0.25, 0.3) is 5.57 Å². The molecule has 0 amide bonds. The fraction of sp³-hybridized carbons (Fsp3) is 0.500. The third-order valence-corrected chi connectivity index (χ3v) is 4.03. The van der Waals surface area contributed by atoms with Gasteiger partial charge in [0.15, 0.2) is 4.77 Å². The molecule has 3 rings (SSSR count). The zero-order chi connectivity index (χ0) is 11.3. The molecule has 1 N–H and O–H groups in total. The van der Waals surface area contributed by atoms with Gasteiger partial charge in [-0.3, -0.25) is 9.36 Å². The smallest absolute Gasteiger partial charge is 0.261 e. The maximum absolute atomic E-state index is 12.2. The third kappa shape index (κ3) is 1.26. The monoisotopic (exact) mass is 234 g/mol. The lowest BCUT2D eigenvalue weighted by molar-refractivity contribution is 0.710. The van der Waals surface area contributed by atoms with Crippen LogP contribution in [0.3, 0.4) is 0 Å². The van der Waals surface area contributed by atoms with Crippen LogP contribution in [-0.4, -0.2) is 9.55 Å². The lowest BCUT2D eigenvalue weighted by Gasteiger charge is -2.13. The third-order valence-electron chi connectivity index (χ3n) is 3.66. The first-order valence-electron chi connectivity index (χ1n) is 5.72. The van der Waals surface area contributed by atoms with Crippen LogP contribution < -0.4 is 5.56 Å². The number of H-pyrrole nitrogens is 1. The predicted molar refractivity (Wildman–Crippen MR) is 66.0 cm³/mol. The molecule has 0 spiro atoms. The number of allylic oxidation sites excluding steroid dienone is 2. The van der Waals surface area contributed by atoms with Gasteiger partial charge in [0.1, 0.15) is 0 Å². The fourth-order valence-electron chi connectivity index (χ4n) is 2.79. The quantitative estimate of drug-likeness (QED) is 0.700. The van der Waals surface area contributed by atoms with Crippen molar-refractivity contribution in [1.82, 2.24) is 9.55 Å². The molecule has 0 unspecified atom stereocenters. The molecule has 2 aliphatic carbocycles. The van der Waals surface area contributed by atoms with Crippen molar-refractivity contribution in [2.75, 3.05) is 0 Å². The van der Waals surface area contributed by atoms with Crippen LogP contribution in [0.2, 0.25) is 0 Å². The molecule has 1 aromatic heterocycles. The van der Waals surface area contributed by atoms with E-state index in [-0.39, 0.29) is 5.56 Å². The van der Waals surface area contributed by atoms with Crippen molar-refractivity contribution in [3.63, 3.8) is 0 Å². The van der Waals surface area contributed by atoms with Gasteiger partial charge in [0.2, 0.25) is 0 Å². The highest BCUT2D eigenvalue weighted by molar-refractivity contribution is 7.71. The molecule has 0 aliphatic heterocycles. The maximum Gasteiger partial charge on any atom is 0.261 e. The van der Waals surface area contributed by atoms with Crippen LogP contribution in [0.4, 0.5) is 0 Å². The Labute approximate surface area is 98.8 Å². The van der Waals surface area contributed by atoms with Gasteiger partial charge in [-0.05, 0) is 43.5 Å². The second-order valence-corrected chi connectivity index (χ2v) is 5.00. The molecule has 4 heteroatoms. The normalized spacial score (nSPS) is 18.6. The van der Waals surface area contributed by atoms with Gasteiger partial charge in [-0.2, -0.15) is 0 Å². The van der Waals surface area contributed by atoms with Gasteiger partial charge in [-0.25, -0.2) is 0 Å². The summed E-state index contributed by atoms with van der Waals surface area (Å²) in [6.07, 6.45) is 5.57. The zero-order valence-corrected chi connectivity index (χ0v) is 10.1. The molecule has 1 aromatic rings. The Balaban J connectivity index is 2.30. The number of aromatic nitrogens is 2. The molecule has 84 valence electrons. The number of nitrogens with one attached hydrogen (secondary N) is 1. The van der Waals surface area contributed by atoms with E-state index in [1.165, 1.54) is 24.0 Å². The lowest BCUT2D eigenvalue weighted by Crippen LogP contribution is -2.23. The van der Waals surface area contributed by atoms with Gasteiger partial charge in [0.05, 0.1) is 5.56 Å². The van der Waals surface area contributed by atoms with E-state index in [1.807, 2.05) is 0 Å². The molecular formula is C12H14N2OS. The van der Waals surface area contributed by atoms with Gasteiger partial charge in [-0.15, -0.1) is 0 Å². The van der Waals surface area contributed by atoms with Crippen molar-refractivity contribution in [1.29, 1.82) is 0 Å². The highest BCUT2D eigenvalue weighted by atomic mass is 32.1. The Bertz CT molecular complexity index is 606. The molecular weight excluding hydrogens is 220 g/mol. The lowest BCUT2D eigenvalue weighted by atomic mass is 9.92. The Hall–Kier alpha value is -1.16. The van der Waals surface area contributed by atoms with Crippen molar-refractivity contribution in [3.05, 3.63) is 32.0 Å². The largest absolute Gasteiger partial charge is 0.335 e. The first-order valence-corrected chi connectivity index (χ1v) is 6.13. The second kappa shape index (κ2) is 3.42. The predicted octanol–water partition coefficient (Wildman–Crippen LogP) is 2.33. The van der Waals surface area contributed by atoms with E-state index < -0.39 is 0 Å². The van der Waals surface area contributed by atoms with Crippen LogP contribution in [-0.2, 0) is 13.5 Å². The maximum atomic E-state index is 12.2. The average molecular weight is 234 g/mol. The van der Waals surface area contributed by atoms with Crippen LogP contribution in [0.15, 0.2) is 10.4 Å². The molecule has 2 aliphatic rings. The minimum atomic E-state index is 0.0747. The highest BCUT2D eigenvalue weighted by Gasteiger charge is 2.27. The summed E-state index contributed by atoms with van der Waals surface area (Å²) in [4.78, 5) is 15.4. The standard InChI is InChI=1S/C12H14N2OS/c1-14-11(15)10-8-5-3-2-4-7(8)6-9(10)13-12(14)16/h2-6H2,1H3,(H,13,16).